The highest BCUT2D eigenvalue weighted by atomic mass is 32.2. The first kappa shape index (κ1) is 13.6. The van der Waals surface area contributed by atoms with Crippen molar-refractivity contribution in [3.8, 4) is 0 Å². The van der Waals surface area contributed by atoms with E-state index in [1.165, 1.54) is 23.9 Å². The first-order chi connectivity index (χ1) is 10.1. The largest absolute Gasteiger partial charge is 0.478 e. The Hall–Kier alpha value is -2.34. The number of carboxylic acids is 1. The van der Waals surface area contributed by atoms with Crippen molar-refractivity contribution in [3.05, 3.63) is 59.4 Å². The maximum absolute atomic E-state index is 14.0. The average Bonchev–Trinajstić information content (AvgIpc) is 2.88. The van der Waals surface area contributed by atoms with Crippen LogP contribution in [0.3, 0.4) is 0 Å². The zero-order valence-corrected chi connectivity index (χ0v) is 11.6. The summed E-state index contributed by atoms with van der Waals surface area (Å²) in [4.78, 5) is 15.2. The van der Waals surface area contributed by atoms with Crippen molar-refractivity contribution in [2.24, 2.45) is 0 Å². The molecule has 0 fully saturated rings. The SMILES string of the molecule is O=C(O)c1cccc(CSc2nc3ccccc3o2)c1F. The second kappa shape index (κ2) is 5.57. The third kappa shape index (κ3) is 2.75. The molecule has 0 atom stereocenters. The molecule has 1 heterocycles. The van der Waals surface area contributed by atoms with Crippen molar-refractivity contribution in [2.45, 2.75) is 11.0 Å². The Balaban J connectivity index is 1.81. The summed E-state index contributed by atoms with van der Waals surface area (Å²) in [6, 6.07) is 11.6. The molecule has 6 heteroatoms. The molecule has 0 spiro atoms. The van der Waals surface area contributed by atoms with Crippen LogP contribution in [-0.4, -0.2) is 16.1 Å². The van der Waals surface area contributed by atoms with Crippen LogP contribution in [0.5, 0.6) is 0 Å². The molecular weight excluding hydrogens is 293 g/mol. The molecule has 0 saturated carbocycles. The Bertz CT molecular complexity index is 783. The number of hydrogen-bond donors (Lipinski definition) is 1. The zero-order valence-electron chi connectivity index (χ0n) is 10.7. The van der Waals surface area contributed by atoms with Gasteiger partial charge in [-0.15, -0.1) is 0 Å². The number of benzene rings is 2. The maximum atomic E-state index is 14.0. The van der Waals surface area contributed by atoms with E-state index in [-0.39, 0.29) is 11.3 Å². The Labute approximate surface area is 123 Å². The van der Waals surface area contributed by atoms with Crippen molar-refractivity contribution in [1.29, 1.82) is 0 Å². The first-order valence-corrected chi connectivity index (χ1v) is 7.13. The van der Waals surface area contributed by atoms with E-state index in [0.717, 1.165) is 5.52 Å². The second-order valence-corrected chi connectivity index (χ2v) is 5.25. The number of aromatic carboxylic acids is 1. The predicted molar refractivity (Wildman–Crippen MR) is 76.9 cm³/mol. The van der Waals surface area contributed by atoms with Crippen molar-refractivity contribution < 1.29 is 18.7 Å². The number of fused-ring (bicyclic) bond motifs is 1. The number of rotatable bonds is 4. The van der Waals surface area contributed by atoms with Crippen LogP contribution < -0.4 is 0 Å². The standard InChI is InChI=1S/C15H10FNO3S/c16-13-9(4-3-5-10(13)14(18)19)8-21-15-17-11-6-1-2-7-12(11)20-15/h1-7H,8H2,(H,18,19). The Kier molecular flexibility index (Phi) is 3.62. The predicted octanol–water partition coefficient (Wildman–Crippen LogP) is 3.96. The van der Waals surface area contributed by atoms with Gasteiger partial charge in [0.1, 0.15) is 11.3 Å². The van der Waals surface area contributed by atoms with E-state index in [4.69, 9.17) is 9.52 Å². The third-order valence-electron chi connectivity index (χ3n) is 2.93. The first-order valence-electron chi connectivity index (χ1n) is 6.14. The highest BCUT2D eigenvalue weighted by molar-refractivity contribution is 7.98. The zero-order chi connectivity index (χ0) is 14.8. The number of carboxylic acid groups (broad SMARTS) is 1. The van der Waals surface area contributed by atoms with Gasteiger partial charge < -0.3 is 9.52 Å². The molecule has 0 aliphatic carbocycles. The normalized spacial score (nSPS) is 10.9. The van der Waals surface area contributed by atoms with Gasteiger partial charge in [-0.3, -0.25) is 0 Å². The molecule has 3 rings (SSSR count). The fourth-order valence-corrected chi connectivity index (χ4v) is 2.72. The van der Waals surface area contributed by atoms with Crippen LogP contribution in [0, 0.1) is 5.82 Å². The lowest BCUT2D eigenvalue weighted by molar-refractivity contribution is 0.0691. The quantitative estimate of drug-likeness (QED) is 0.739. The number of para-hydroxylation sites is 2. The van der Waals surface area contributed by atoms with Crippen LogP contribution in [0.25, 0.3) is 11.1 Å². The molecule has 0 radical (unpaired) electrons. The molecule has 4 nitrogen and oxygen atoms in total. The number of aromatic nitrogens is 1. The lowest BCUT2D eigenvalue weighted by atomic mass is 10.1. The topological polar surface area (TPSA) is 63.3 Å². The van der Waals surface area contributed by atoms with Gasteiger partial charge in [-0.1, -0.05) is 36.0 Å². The number of carbonyl (C=O) groups is 1. The van der Waals surface area contributed by atoms with E-state index >= 15 is 0 Å². The molecule has 0 aliphatic heterocycles. The fraction of sp³-hybridized carbons (Fsp3) is 0.0667. The van der Waals surface area contributed by atoms with Gasteiger partial charge in [0.05, 0.1) is 5.56 Å². The summed E-state index contributed by atoms with van der Waals surface area (Å²) in [5.41, 5.74) is 1.38. The number of halogens is 1. The summed E-state index contributed by atoms with van der Waals surface area (Å²) >= 11 is 1.22. The second-order valence-electron chi connectivity index (χ2n) is 4.32. The minimum absolute atomic E-state index is 0.250. The lowest BCUT2D eigenvalue weighted by Gasteiger charge is -2.03. The summed E-state index contributed by atoms with van der Waals surface area (Å²) in [5, 5.41) is 9.32. The van der Waals surface area contributed by atoms with E-state index < -0.39 is 11.8 Å². The molecule has 3 aromatic rings. The molecule has 0 unspecified atom stereocenters. The van der Waals surface area contributed by atoms with Crippen LogP contribution >= 0.6 is 11.8 Å². The highest BCUT2D eigenvalue weighted by Crippen LogP contribution is 2.27. The van der Waals surface area contributed by atoms with E-state index in [2.05, 4.69) is 4.98 Å². The number of hydrogen-bond acceptors (Lipinski definition) is 4. The average molecular weight is 303 g/mol. The van der Waals surface area contributed by atoms with E-state index in [0.29, 0.717) is 16.4 Å². The van der Waals surface area contributed by atoms with Gasteiger partial charge in [0.15, 0.2) is 5.58 Å². The molecule has 0 amide bonds. The van der Waals surface area contributed by atoms with Crippen LogP contribution in [-0.2, 0) is 5.75 Å². The van der Waals surface area contributed by atoms with Crippen molar-refractivity contribution >= 4 is 28.8 Å². The molecule has 106 valence electrons. The smallest absolute Gasteiger partial charge is 0.338 e. The van der Waals surface area contributed by atoms with Gasteiger partial charge >= 0.3 is 5.97 Å². The number of nitrogens with zero attached hydrogens (tertiary/aromatic N) is 1. The summed E-state index contributed by atoms with van der Waals surface area (Å²) in [6.45, 7) is 0. The van der Waals surface area contributed by atoms with Gasteiger partial charge in [-0.05, 0) is 23.8 Å². The molecule has 1 aromatic heterocycles. The maximum Gasteiger partial charge on any atom is 0.338 e. The monoisotopic (exact) mass is 303 g/mol. The molecule has 1 N–H and O–H groups in total. The Morgan fingerprint density at radius 2 is 2.05 bits per heavy atom. The Morgan fingerprint density at radius 1 is 1.24 bits per heavy atom. The fourth-order valence-electron chi connectivity index (χ4n) is 1.91. The summed E-state index contributed by atoms with van der Waals surface area (Å²) in [5.74, 6) is -1.74. The minimum atomic E-state index is -1.28. The van der Waals surface area contributed by atoms with Gasteiger partial charge in [-0.25, -0.2) is 14.2 Å². The summed E-state index contributed by atoms with van der Waals surface area (Å²) in [6.07, 6.45) is 0. The lowest BCUT2D eigenvalue weighted by Crippen LogP contribution is -2.02. The van der Waals surface area contributed by atoms with Crippen LogP contribution in [0.1, 0.15) is 15.9 Å². The highest BCUT2D eigenvalue weighted by Gasteiger charge is 2.14. The summed E-state index contributed by atoms with van der Waals surface area (Å²) in [7, 11) is 0. The summed E-state index contributed by atoms with van der Waals surface area (Å²) < 4.78 is 19.5. The minimum Gasteiger partial charge on any atom is -0.478 e. The van der Waals surface area contributed by atoms with Crippen LogP contribution in [0.4, 0.5) is 4.39 Å². The van der Waals surface area contributed by atoms with Crippen molar-refractivity contribution in [2.75, 3.05) is 0 Å². The van der Waals surface area contributed by atoms with Gasteiger partial charge in [0.25, 0.3) is 5.22 Å². The van der Waals surface area contributed by atoms with Gasteiger partial charge in [0.2, 0.25) is 0 Å². The molecule has 21 heavy (non-hydrogen) atoms. The van der Waals surface area contributed by atoms with E-state index in [1.54, 1.807) is 12.1 Å². The van der Waals surface area contributed by atoms with Crippen LogP contribution in [0.2, 0.25) is 0 Å². The third-order valence-corrected chi connectivity index (χ3v) is 3.81. The van der Waals surface area contributed by atoms with Crippen molar-refractivity contribution in [1.82, 2.24) is 4.98 Å². The van der Waals surface area contributed by atoms with Gasteiger partial charge in [0, 0.05) is 5.75 Å². The molecule has 0 bridgehead atoms. The van der Waals surface area contributed by atoms with Gasteiger partial charge in [-0.2, -0.15) is 0 Å². The van der Waals surface area contributed by atoms with Crippen LogP contribution in [0.15, 0.2) is 52.1 Å². The molecular formula is C15H10FNO3S. The van der Waals surface area contributed by atoms with E-state index in [1.807, 2.05) is 18.2 Å². The number of thioether (sulfide) groups is 1. The molecule has 0 aliphatic rings. The molecule has 2 aromatic carbocycles. The number of oxazole rings is 1. The van der Waals surface area contributed by atoms with E-state index in [9.17, 15) is 9.18 Å². The van der Waals surface area contributed by atoms with Crippen molar-refractivity contribution in [3.63, 3.8) is 0 Å². The Morgan fingerprint density at radius 3 is 2.81 bits per heavy atom. The molecule has 0 saturated heterocycles.